The standard InChI is InChI=1S/C18H26N2/c1-4-12-20-14-17(2,15-10-11-15)19-13-18(20,3)16-8-6-5-7-9-16/h4-9,15,19H,1,10-14H2,2-3H3. The summed E-state index contributed by atoms with van der Waals surface area (Å²) in [4.78, 5) is 2.60. The van der Waals surface area contributed by atoms with Crippen molar-refractivity contribution >= 4 is 0 Å². The highest BCUT2D eigenvalue weighted by molar-refractivity contribution is 5.27. The fourth-order valence-corrected chi connectivity index (χ4v) is 3.61. The Labute approximate surface area is 122 Å². The molecule has 1 aromatic carbocycles. The molecule has 1 aliphatic heterocycles. The van der Waals surface area contributed by atoms with Crippen LogP contribution in [0.5, 0.6) is 0 Å². The molecule has 1 saturated carbocycles. The lowest BCUT2D eigenvalue weighted by Gasteiger charge is -2.52. The van der Waals surface area contributed by atoms with E-state index in [9.17, 15) is 0 Å². The molecule has 2 fully saturated rings. The van der Waals surface area contributed by atoms with Gasteiger partial charge in [-0.1, -0.05) is 36.4 Å². The van der Waals surface area contributed by atoms with Crippen LogP contribution >= 0.6 is 0 Å². The molecule has 1 heterocycles. The number of benzene rings is 1. The van der Waals surface area contributed by atoms with Crippen LogP contribution in [0.4, 0.5) is 0 Å². The summed E-state index contributed by atoms with van der Waals surface area (Å²) in [6.45, 7) is 11.8. The second-order valence-electron chi connectivity index (χ2n) is 6.85. The average Bonchev–Trinajstić information content (AvgIpc) is 3.30. The van der Waals surface area contributed by atoms with Crippen LogP contribution in [0.15, 0.2) is 43.0 Å². The Morgan fingerprint density at radius 1 is 1.30 bits per heavy atom. The van der Waals surface area contributed by atoms with Crippen molar-refractivity contribution in [2.75, 3.05) is 19.6 Å². The molecule has 0 aromatic heterocycles. The van der Waals surface area contributed by atoms with E-state index in [-0.39, 0.29) is 11.1 Å². The van der Waals surface area contributed by atoms with E-state index in [4.69, 9.17) is 0 Å². The maximum absolute atomic E-state index is 3.96. The third-order valence-corrected chi connectivity index (χ3v) is 5.28. The van der Waals surface area contributed by atoms with Crippen LogP contribution in [-0.4, -0.2) is 30.1 Å². The lowest BCUT2D eigenvalue weighted by Crippen LogP contribution is -2.67. The smallest absolute Gasteiger partial charge is 0.0561 e. The van der Waals surface area contributed by atoms with Gasteiger partial charge in [0.25, 0.3) is 0 Å². The normalized spacial score (nSPS) is 34.9. The number of piperazine rings is 1. The third kappa shape index (κ3) is 2.32. The van der Waals surface area contributed by atoms with Crippen LogP contribution in [0.2, 0.25) is 0 Å². The summed E-state index contributed by atoms with van der Waals surface area (Å²) in [7, 11) is 0. The van der Waals surface area contributed by atoms with Crippen LogP contribution < -0.4 is 5.32 Å². The Morgan fingerprint density at radius 2 is 2.00 bits per heavy atom. The topological polar surface area (TPSA) is 15.3 Å². The Bertz CT molecular complexity index is 479. The molecule has 0 spiro atoms. The molecule has 0 amide bonds. The van der Waals surface area contributed by atoms with E-state index >= 15 is 0 Å². The fourth-order valence-electron chi connectivity index (χ4n) is 3.61. The van der Waals surface area contributed by atoms with Crippen LogP contribution in [0.25, 0.3) is 0 Å². The summed E-state index contributed by atoms with van der Waals surface area (Å²) in [6, 6.07) is 10.9. The number of rotatable bonds is 4. The summed E-state index contributed by atoms with van der Waals surface area (Å²) in [5, 5.41) is 3.86. The van der Waals surface area contributed by atoms with Crippen molar-refractivity contribution in [1.82, 2.24) is 10.2 Å². The van der Waals surface area contributed by atoms with Gasteiger partial charge in [0.1, 0.15) is 0 Å². The van der Waals surface area contributed by atoms with Gasteiger partial charge in [0, 0.05) is 25.2 Å². The van der Waals surface area contributed by atoms with Gasteiger partial charge in [-0.2, -0.15) is 0 Å². The molecular weight excluding hydrogens is 244 g/mol. The maximum atomic E-state index is 3.96. The van der Waals surface area contributed by atoms with E-state index in [1.165, 1.54) is 18.4 Å². The van der Waals surface area contributed by atoms with Crippen molar-refractivity contribution in [2.45, 2.75) is 37.8 Å². The van der Waals surface area contributed by atoms with E-state index < -0.39 is 0 Å². The van der Waals surface area contributed by atoms with Gasteiger partial charge in [0.05, 0.1) is 5.54 Å². The lowest BCUT2D eigenvalue weighted by atomic mass is 9.81. The molecule has 2 heteroatoms. The predicted octanol–water partition coefficient (Wildman–Crippen LogP) is 3.16. The van der Waals surface area contributed by atoms with Crippen molar-refractivity contribution < 1.29 is 0 Å². The van der Waals surface area contributed by atoms with E-state index in [1.807, 2.05) is 6.08 Å². The first-order valence-corrected chi connectivity index (χ1v) is 7.75. The molecule has 2 nitrogen and oxygen atoms in total. The monoisotopic (exact) mass is 270 g/mol. The van der Waals surface area contributed by atoms with Crippen LogP contribution in [0.3, 0.4) is 0 Å². The molecule has 0 bridgehead atoms. The molecule has 2 unspecified atom stereocenters. The molecular formula is C18H26N2. The zero-order chi connectivity index (χ0) is 14.2. The van der Waals surface area contributed by atoms with Gasteiger partial charge in [-0.05, 0) is 38.2 Å². The zero-order valence-corrected chi connectivity index (χ0v) is 12.7. The van der Waals surface area contributed by atoms with E-state index in [1.54, 1.807) is 0 Å². The van der Waals surface area contributed by atoms with Gasteiger partial charge in [-0.25, -0.2) is 0 Å². The Balaban J connectivity index is 1.89. The van der Waals surface area contributed by atoms with Crippen LogP contribution in [-0.2, 0) is 5.54 Å². The SMILES string of the molecule is C=CCN1CC(C)(C2CC2)NCC1(C)c1ccccc1. The van der Waals surface area contributed by atoms with Gasteiger partial charge < -0.3 is 5.32 Å². The average molecular weight is 270 g/mol. The van der Waals surface area contributed by atoms with Gasteiger partial charge >= 0.3 is 0 Å². The largest absolute Gasteiger partial charge is 0.308 e. The number of hydrogen-bond donors (Lipinski definition) is 1. The van der Waals surface area contributed by atoms with Crippen molar-refractivity contribution in [3.63, 3.8) is 0 Å². The van der Waals surface area contributed by atoms with E-state index in [0.29, 0.717) is 0 Å². The molecule has 1 aliphatic carbocycles. The quantitative estimate of drug-likeness (QED) is 0.846. The molecule has 2 atom stereocenters. The summed E-state index contributed by atoms with van der Waals surface area (Å²) >= 11 is 0. The lowest BCUT2D eigenvalue weighted by molar-refractivity contribution is 0.0198. The second kappa shape index (κ2) is 5.01. The summed E-state index contributed by atoms with van der Waals surface area (Å²) in [5.74, 6) is 0.857. The van der Waals surface area contributed by atoms with Crippen molar-refractivity contribution in [3.8, 4) is 0 Å². The van der Waals surface area contributed by atoms with Gasteiger partial charge in [0.2, 0.25) is 0 Å². The van der Waals surface area contributed by atoms with Crippen molar-refractivity contribution in [1.29, 1.82) is 0 Å². The summed E-state index contributed by atoms with van der Waals surface area (Å²) < 4.78 is 0. The zero-order valence-electron chi connectivity index (χ0n) is 12.7. The molecule has 20 heavy (non-hydrogen) atoms. The minimum atomic E-state index is 0.0594. The maximum Gasteiger partial charge on any atom is 0.0561 e. The Morgan fingerprint density at radius 3 is 2.60 bits per heavy atom. The highest BCUT2D eigenvalue weighted by Gasteiger charge is 2.49. The first-order valence-electron chi connectivity index (χ1n) is 7.75. The number of hydrogen-bond acceptors (Lipinski definition) is 2. The summed E-state index contributed by atoms with van der Waals surface area (Å²) in [6.07, 6.45) is 4.81. The minimum absolute atomic E-state index is 0.0594. The molecule has 1 aromatic rings. The van der Waals surface area contributed by atoms with Gasteiger partial charge in [-0.3, -0.25) is 4.90 Å². The highest BCUT2D eigenvalue weighted by atomic mass is 15.3. The van der Waals surface area contributed by atoms with Crippen LogP contribution in [0, 0.1) is 5.92 Å². The Kier molecular flexibility index (Phi) is 3.47. The van der Waals surface area contributed by atoms with E-state index in [2.05, 4.69) is 61.0 Å². The molecule has 0 radical (unpaired) electrons. The second-order valence-corrected chi connectivity index (χ2v) is 6.85. The highest BCUT2D eigenvalue weighted by Crippen LogP contribution is 2.44. The minimum Gasteiger partial charge on any atom is -0.308 e. The molecule has 2 aliphatic rings. The fraction of sp³-hybridized carbons (Fsp3) is 0.556. The predicted molar refractivity (Wildman–Crippen MR) is 84.7 cm³/mol. The first kappa shape index (κ1) is 13.8. The number of nitrogens with zero attached hydrogens (tertiary/aromatic N) is 1. The molecule has 1 N–H and O–H groups in total. The Hall–Kier alpha value is -1.12. The van der Waals surface area contributed by atoms with Crippen LogP contribution in [0.1, 0.15) is 32.3 Å². The van der Waals surface area contributed by atoms with Gasteiger partial charge in [-0.15, -0.1) is 6.58 Å². The summed E-state index contributed by atoms with van der Waals surface area (Å²) in [5.41, 5.74) is 1.73. The van der Waals surface area contributed by atoms with Crippen molar-refractivity contribution in [2.24, 2.45) is 5.92 Å². The molecule has 108 valence electrons. The first-order chi connectivity index (χ1) is 9.58. The molecule has 3 rings (SSSR count). The molecule has 1 saturated heterocycles. The van der Waals surface area contributed by atoms with Gasteiger partial charge in [0.15, 0.2) is 0 Å². The third-order valence-electron chi connectivity index (χ3n) is 5.28. The van der Waals surface area contributed by atoms with E-state index in [0.717, 1.165) is 25.6 Å². The van der Waals surface area contributed by atoms with Crippen molar-refractivity contribution in [3.05, 3.63) is 48.6 Å². The number of nitrogens with one attached hydrogen (secondary N) is 1.